The molecule has 6 heteroatoms. The Bertz CT molecular complexity index is 540. The van der Waals surface area contributed by atoms with Gasteiger partial charge in [-0.25, -0.2) is 8.42 Å². The summed E-state index contributed by atoms with van der Waals surface area (Å²) in [5, 5.41) is 8.60. The van der Waals surface area contributed by atoms with Gasteiger partial charge in [-0.15, -0.1) is 0 Å². The lowest BCUT2D eigenvalue weighted by molar-refractivity contribution is 0.253. The van der Waals surface area contributed by atoms with E-state index in [-0.39, 0.29) is 12.5 Å². The molecule has 3 N–H and O–H groups in total. The summed E-state index contributed by atoms with van der Waals surface area (Å²) in [5.74, 6) is 0.338. The molecule has 18 heavy (non-hydrogen) atoms. The molecule has 1 aliphatic carbocycles. The first-order valence-electron chi connectivity index (χ1n) is 5.57. The molecule has 0 amide bonds. The van der Waals surface area contributed by atoms with Crippen molar-refractivity contribution in [3.63, 3.8) is 0 Å². The van der Waals surface area contributed by atoms with E-state index in [0.29, 0.717) is 5.75 Å². The first-order chi connectivity index (χ1) is 8.34. The molecule has 0 radical (unpaired) electrons. The molecule has 5 nitrogen and oxygen atoms in total. The van der Waals surface area contributed by atoms with Crippen LogP contribution in [0.15, 0.2) is 24.3 Å². The summed E-state index contributed by atoms with van der Waals surface area (Å²) in [7, 11) is -1.72. The van der Waals surface area contributed by atoms with Crippen molar-refractivity contribution in [1.82, 2.24) is 0 Å². The number of sulfone groups is 1. The molecule has 0 bridgehead atoms. The van der Waals surface area contributed by atoms with Crippen molar-refractivity contribution >= 4 is 9.84 Å². The number of nitrogens with two attached hydrogens (primary N) is 1. The fraction of sp³-hybridized carbons (Fsp3) is 0.500. The standard InChI is InChI=1S/C12H17NO4S/c1-17-9-5-3-8(4-6-9)10-11(18(2,15)16)12(10,13)7-14/h3-6,10-11,14H,7,13H2,1-2H3/t10-,11+,12-/m1/s1. The number of rotatable bonds is 4. The number of benzene rings is 1. The van der Waals surface area contributed by atoms with E-state index in [2.05, 4.69) is 0 Å². The van der Waals surface area contributed by atoms with Crippen molar-refractivity contribution in [2.45, 2.75) is 16.7 Å². The summed E-state index contributed by atoms with van der Waals surface area (Å²) < 4.78 is 28.4. The number of methoxy groups -OCH3 is 1. The SMILES string of the molecule is COc1ccc([C@@H]2[C@H](S(C)(=O)=O)[C@@]2(N)CO)cc1. The third-order valence-corrected chi connectivity index (χ3v) is 5.15. The van der Waals surface area contributed by atoms with E-state index < -0.39 is 20.6 Å². The molecule has 0 aliphatic heterocycles. The van der Waals surface area contributed by atoms with Crippen LogP contribution in [0.2, 0.25) is 0 Å². The molecule has 0 spiro atoms. The van der Waals surface area contributed by atoms with Gasteiger partial charge >= 0.3 is 0 Å². The fourth-order valence-electron chi connectivity index (χ4n) is 2.55. The van der Waals surface area contributed by atoms with Crippen LogP contribution < -0.4 is 10.5 Å². The van der Waals surface area contributed by atoms with E-state index >= 15 is 0 Å². The van der Waals surface area contributed by atoms with Crippen LogP contribution in [-0.2, 0) is 9.84 Å². The molecular formula is C12H17NO4S. The molecule has 1 aromatic carbocycles. The van der Waals surface area contributed by atoms with Gasteiger partial charge in [0.25, 0.3) is 0 Å². The van der Waals surface area contributed by atoms with Crippen LogP contribution in [0.4, 0.5) is 0 Å². The smallest absolute Gasteiger partial charge is 0.152 e. The zero-order valence-corrected chi connectivity index (χ0v) is 11.1. The van der Waals surface area contributed by atoms with Gasteiger partial charge in [0.2, 0.25) is 0 Å². The second-order valence-corrected chi connectivity index (χ2v) is 6.94. The molecule has 2 rings (SSSR count). The second-order valence-electron chi connectivity index (χ2n) is 4.77. The Morgan fingerprint density at radius 2 is 1.94 bits per heavy atom. The summed E-state index contributed by atoms with van der Waals surface area (Å²) >= 11 is 0. The predicted octanol–water partition coefficient (Wildman–Crippen LogP) is -0.105. The first kappa shape index (κ1) is 13.3. The van der Waals surface area contributed by atoms with Crippen LogP contribution in [0.3, 0.4) is 0 Å². The van der Waals surface area contributed by atoms with Crippen LogP contribution in [0.1, 0.15) is 11.5 Å². The molecule has 0 saturated heterocycles. The topological polar surface area (TPSA) is 89.6 Å². The minimum atomic E-state index is -3.28. The van der Waals surface area contributed by atoms with Gasteiger partial charge in [0, 0.05) is 12.2 Å². The van der Waals surface area contributed by atoms with Crippen molar-refractivity contribution in [2.24, 2.45) is 5.73 Å². The van der Waals surface area contributed by atoms with Crippen LogP contribution in [0.5, 0.6) is 5.75 Å². The largest absolute Gasteiger partial charge is 0.497 e. The molecule has 1 fully saturated rings. The average molecular weight is 271 g/mol. The normalized spacial score (nSPS) is 31.1. The van der Waals surface area contributed by atoms with Gasteiger partial charge in [-0.3, -0.25) is 0 Å². The Morgan fingerprint density at radius 3 is 2.28 bits per heavy atom. The summed E-state index contributed by atoms with van der Waals surface area (Å²) in [6, 6.07) is 7.08. The lowest BCUT2D eigenvalue weighted by Crippen LogP contribution is -2.34. The number of hydrogen-bond donors (Lipinski definition) is 2. The molecule has 0 unspecified atom stereocenters. The predicted molar refractivity (Wildman–Crippen MR) is 68.4 cm³/mol. The zero-order chi connectivity index (χ0) is 13.6. The summed E-state index contributed by atoms with van der Waals surface area (Å²) in [4.78, 5) is 0. The van der Waals surface area contributed by atoms with E-state index in [1.165, 1.54) is 0 Å². The molecule has 0 heterocycles. The average Bonchev–Trinajstić information content (AvgIpc) is 2.97. The lowest BCUT2D eigenvalue weighted by Gasteiger charge is -2.07. The van der Waals surface area contributed by atoms with Crippen molar-refractivity contribution < 1.29 is 18.3 Å². The highest BCUT2D eigenvalue weighted by molar-refractivity contribution is 7.91. The van der Waals surface area contributed by atoms with Crippen LogP contribution >= 0.6 is 0 Å². The molecule has 1 aromatic rings. The van der Waals surface area contributed by atoms with E-state index in [1.54, 1.807) is 31.4 Å². The molecule has 3 atom stereocenters. The summed E-state index contributed by atoms with van der Waals surface area (Å²) in [6.45, 7) is -0.346. The molecule has 1 saturated carbocycles. The summed E-state index contributed by atoms with van der Waals surface area (Å²) in [6.07, 6.45) is 1.15. The van der Waals surface area contributed by atoms with Crippen LogP contribution in [-0.4, -0.2) is 44.3 Å². The molecule has 100 valence electrons. The maximum absolute atomic E-state index is 11.7. The first-order valence-corrected chi connectivity index (χ1v) is 7.52. The highest BCUT2D eigenvalue weighted by Gasteiger charge is 2.67. The second kappa shape index (κ2) is 4.22. The van der Waals surface area contributed by atoms with Crippen LogP contribution in [0.25, 0.3) is 0 Å². The van der Waals surface area contributed by atoms with Crippen LogP contribution in [0, 0.1) is 0 Å². The van der Waals surface area contributed by atoms with Gasteiger partial charge < -0.3 is 15.6 Å². The number of aliphatic hydroxyl groups excluding tert-OH is 1. The fourth-order valence-corrected chi connectivity index (χ4v) is 4.40. The lowest BCUT2D eigenvalue weighted by atomic mass is 10.1. The maximum atomic E-state index is 11.7. The Morgan fingerprint density at radius 1 is 1.39 bits per heavy atom. The minimum absolute atomic E-state index is 0.346. The third kappa shape index (κ3) is 2.00. The van der Waals surface area contributed by atoms with Gasteiger partial charge in [0.1, 0.15) is 5.75 Å². The Hall–Kier alpha value is -1.11. The van der Waals surface area contributed by atoms with Gasteiger partial charge in [-0.2, -0.15) is 0 Å². The molecule has 1 aliphatic rings. The van der Waals surface area contributed by atoms with E-state index in [0.717, 1.165) is 11.8 Å². The highest BCUT2D eigenvalue weighted by atomic mass is 32.2. The zero-order valence-electron chi connectivity index (χ0n) is 10.3. The maximum Gasteiger partial charge on any atom is 0.152 e. The highest BCUT2D eigenvalue weighted by Crippen LogP contribution is 2.53. The van der Waals surface area contributed by atoms with Gasteiger partial charge in [0.15, 0.2) is 9.84 Å². The van der Waals surface area contributed by atoms with E-state index in [4.69, 9.17) is 10.5 Å². The Labute approximate surface area is 106 Å². The molecule has 0 aromatic heterocycles. The van der Waals surface area contributed by atoms with E-state index in [9.17, 15) is 13.5 Å². The minimum Gasteiger partial charge on any atom is -0.497 e. The third-order valence-electron chi connectivity index (χ3n) is 3.51. The van der Waals surface area contributed by atoms with Crippen molar-refractivity contribution in [3.8, 4) is 5.75 Å². The quantitative estimate of drug-likeness (QED) is 0.798. The van der Waals surface area contributed by atoms with Crippen molar-refractivity contribution in [1.29, 1.82) is 0 Å². The summed E-state index contributed by atoms with van der Waals surface area (Å²) in [5.41, 5.74) is 5.70. The number of hydrogen-bond acceptors (Lipinski definition) is 5. The van der Waals surface area contributed by atoms with Gasteiger partial charge in [0.05, 0.1) is 24.5 Å². The van der Waals surface area contributed by atoms with Gasteiger partial charge in [-0.1, -0.05) is 12.1 Å². The van der Waals surface area contributed by atoms with Crippen molar-refractivity contribution in [2.75, 3.05) is 20.0 Å². The monoisotopic (exact) mass is 271 g/mol. The molecular weight excluding hydrogens is 254 g/mol. The number of aliphatic hydroxyl groups is 1. The Balaban J connectivity index is 2.33. The Kier molecular flexibility index (Phi) is 3.12. The van der Waals surface area contributed by atoms with Gasteiger partial charge in [-0.05, 0) is 17.7 Å². The van der Waals surface area contributed by atoms with E-state index in [1.807, 2.05) is 0 Å². The number of ether oxygens (including phenoxy) is 1. The van der Waals surface area contributed by atoms with Crippen molar-refractivity contribution in [3.05, 3.63) is 29.8 Å².